The minimum atomic E-state index is 0.828. The normalized spacial score (nSPS) is 14.2. The predicted octanol–water partition coefficient (Wildman–Crippen LogP) is 0.935. The zero-order chi connectivity index (χ0) is 6.27. The van der Waals surface area contributed by atoms with Crippen LogP contribution in [-0.2, 0) is 0 Å². The van der Waals surface area contributed by atoms with Crippen molar-refractivity contribution in [2.75, 3.05) is 0 Å². The number of hydrogen-bond acceptors (Lipinski definition) is 0. The molecule has 0 aliphatic heterocycles. The van der Waals surface area contributed by atoms with E-state index in [1.807, 2.05) is 0 Å². The minimum Gasteiger partial charge on any atom is -0.125 e. The zero-order valence-corrected chi connectivity index (χ0v) is 6.02. The van der Waals surface area contributed by atoms with Gasteiger partial charge < -0.3 is 0 Å². The van der Waals surface area contributed by atoms with E-state index in [0.717, 1.165) is 8.19 Å². The van der Waals surface area contributed by atoms with Crippen LogP contribution in [0.25, 0.3) is 18.7 Å². The molecule has 0 nitrogen and oxygen atoms in total. The molecule has 44 valence electrons. The Bertz CT molecular complexity index is 354. The molecule has 0 saturated carbocycles. The number of rotatable bonds is 0. The van der Waals surface area contributed by atoms with Crippen LogP contribution in [0.5, 0.6) is 0 Å². The second kappa shape index (κ2) is 1.62. The molecule has 1 aromatic rings. The van der Waals surface area contributed by atoms with Gasteiger partial charge in [-0.25, -0.2) is 0 Å². The maximum Gasteiger partial charge on any atom is -0.00125 e. The first kappa shape index (κ1) is 5.08. The van der Waals surface area contributed by atoms with Crippen LogP contribution in [0.4, 0.5) is 0 Å². The molecule has 1 aliphatic carbocycles. The van der Waals surface area contributed by atoms with Gasteiger partial charge in [-0.1, -0.05) is 24.8 Å². The Kier molecular flexibility index (Phi) is 0.913. The summed E-state index contributed by atoms with van der Waals surface area (Å²) in [6.45, 7) is 3.90. The first-order valence-electron chi connectivity index (χ1n) is 2.92. The lowest BCUT2D eigenvalue weighted by atomic mass is 10.3. The molecular formula is C8H7P. The van der Waals surface area contributed by atoms with Gasteiger partial charge in [-0.3, -0.25) is 0 Å². The van der Waals surface area contributed by atoms with Gasteiger partial charge in [0.2, 0.25) is 0 Å². The summed E-state index contributed by atoms with van der Waals surface area (Å²) in [4.78, 5) is 2.72. The summed E-state index contributed by atoms with van der Waals surface area (Å²) >= 11 is 0. The highest BCUT2D eigenvalue weighted by Gasteiger charge is 1.94. The summed E-state index contributed by atoms with van der Waals surface area (Å²) in [5.74, 6) is 0. The molecule has 0 radical (unpaired) electrons. The summed E-state index contributed by atoms with van der Waals surface area (Å²) in [6, 6.07) is 2.16. The van der Waals surface area contributed by atoms with Crippen LogP contribution in [0, 0.1) is 0 Å². The van der Waals surface area contributed by atoms with Gasteiger partial charge in [-0.15, -0.1) is 8.19 Å². The molecule has 1 aromatic heterocycles. The maximum absolute atomic E-state index is 3.90. The first-order chi connectivity index (χ1) is 4.36. The summed E-state index contributed by atoms with van der Waals surface area (Å²) in [6.07, 6.45) is 6.41. The van der Waals surface area contributed by atoms with Gasteiger partial charge in [0.1, 0.15) is 0 Å². The summed E-state index contributed by atoms with van der Waals surface area (Å²) in [5.41, 5.74) is 1.37. The third-order valence-electron chi connectivity index (χ3n) is 1.47. The Labute approximate surface area is 55.3 Å². The standard InChI is InChI=1S/C8H7P/c1-6-5-7-3-2-4-8(7)9-6/h2-5,9H,1H2. The summed E-state index contributed by atoms with van der Waals surface area (Å²) in [5, 5.41) is 0. The molecule has 0 fully saturated rings. The number of hydrogen-bond donors (Lipinski definition) is 0. The van der Waals surface area contributed by atoms with Gasteiger partial charge in [0, 0.05) is 0 Å². The van der Waals surface area contributed by atoms with Crippen molar-refractivity contribution >= 4 is 26.9 Å². The molecular weight excluding hydrogens is 127 g/mol. The average Bonchev–Trinajstić information content (AvgIpc) is 2.22. The molecule has 0 saturated heterocycles. The van der Waals surface area contributed by atoms with Crippen LogP contribution in [0.1, 0.15) is 5.56 Å². The van der Waals surface area contributed by atoms with E-state index in [4.69, 9.17) is 0 Å². The van der Waals surface area contributed by atoms with Crippen molar-refractivity contribution < 1.29 is 0 Å². The lowest BCUT2D eigenvalue weighted by molar-refractivity contribution is 1.81. The van der Waals surface area contributed by atoms with E-state index in [0.29, 0.717) is 0 Å². The van der Waals surface area contributed by atoms with Crippen LogP contribution in [-0.4, -0.2) is 0 Å². The largest absolute Gasteiger partial charge is 0.125 e. The van der Waals surface area contributed by atoms with Gasteiger partial charge in [0.15, 0.2) is 0 Å². The summed E-state index contributed by atoms with van der Waals surface area (Å²) in [7, 11) is 0.828. The number of allylic oxidation sites excluding steroid dienone is 1. The Morgan fingerprint density at radius 3 is 3.11 bits per heavy atom. The second-order valence-corrected chi connectivity index (χ2v) is 3.62. The van der Waals surface area contributed by atoms with Crippen LogP contribution >= 0.6 is 8.19 Å². The Hall–Kier alpha value is -0.740. The first-order valence-corrected chi connectivity index (χ1v) is 3.92. The molecule has 0 N–H and O–H groups in total. The van der Waals surface area contributed by atoms with Gasteiger partial charge >= 0.3 is 0 Å². The molecule has 0 bridgehead atoms. The van der Waals surface area contributed by atoms with E-state index in [9.17, 15) is 0 Å². The molecule has 0 amide bonds. The minimum absolute atomic E-state index is 0.828. The molecule has 2 rings (SSSR count). The number of fused-ring (bicyclic) bond motifs is 1. The van der Waals surface area contributed by atoms with Gasteiger partial charge in [-0.2, -0.15) is 0 Å². The lowest BCUT2D eigenvalue weighted by Gasteiger charge is -1.71. The van der Waals surface area contributed by atoms with E-state index < -0.39 is 0 Å². The van der Waals surface area contributed by atoms with Gasteiger partial charge in [0.05, 0.1) is 0 Å². The van der Waals surface area contributed by atoms with E-state index >= 15 is 0 Å². The summed E-state index contributed by atoms with van der Waals surface area (Å²) < 4.78 is 0. The fourth-order valence-corrected chi connectivity index (χ4v) is 2.12. The Morgan fingerprint density at radius 1 is 1.44 bits per heavy atom. The van der Waals surface area contributed by atoms with E-state index in [2.05, 4.69) is 30.9 Å². The smallest absolute Gasteiger partial charge is 0.00125 e. The fourth-order valence-electron chi connectivity index (χ4n) is 1.07. The highest BCUT2D eigenvalue weighted by atomic mass is 31.0. The van der Waals surface area contributed by atoms with Crippen LogP contribution in [0.2, 0.25) is 0 Å². The van der Waals surface area contributed by atoms with Crippen LogP contribution in [0.15, 0.2) is 12.1 Å². The van der Waals surface area contributed by atoms with Crippen molar-refractivity contribution in [2.24, 2.45) is 0 Å². The van der Waals surface area contributed by atoms with Crippen molar-refractivity contribution in [3.05, 3.63) is 27.6 Å². The van der Waals surface area contributed by atoms with Crippen molar-refractivity contribution in [1.82, 2.24) is 0 Å². The molecule has 1 heterocycles. The SMILES string of the molecule is C=c1cc2c([pH]1)=CC=C2. The van der Waals surface area contributed by atoms with Crippen LogP contribution < -0.4 is 9.90 Å². The van der Waals surface area contributed by atoms with Crippen molar-refractivity contribution in [3.8, 4) is 0 Å². The Morgan fingerprint density at radius 2 is 2.33 bits per heavy atom. The highest BCUT2D eigenvalue weighted by molar-refractivity contribution is 7.28. The molecule has 0 spiro atoms. The van der Waals surface area contributed by atoms with Gasteiger partial charge in [-0.05, 0) is 21.5 Å². The molecule has 1 atom stereocenters. The maximum atomic E-state index is 3.90. The Balaban J connectivity index is 2.96. The zero-order valence-electron chi connectivity index (χ0n) is 5.02. The fraction of sp³-hybridized carbons (Fsp3) is 0. The van der Waals surface area contributed by atoms with Gasteiger partial charge in [0.25, 0.3) is 0 Å². The van der Waals surface area contributed by atoms with Crippen molar-refractivity contribution in [2.45, 2.75) is 0 Å². The van der Waals surface area contributed by atoms with Crippen molar-refractivity contribution in [3.63, 3.8) is 0 Å². The molecule has 1 aliphatic rings. The second-order valence-electron chi connectivity index (χ2n) is 2.19. The molecule has 1 heteroatoms. The van der Waals surface area contributed by atoms with E-state index in [1.165, 1.54) is 15.5 Å². The van der Waals surface area contributed by atoms with Crippen LogP contribution in [0.3, 0.4) is 0 Å². The predicted molar refractivity (Wildman–Crippen MR) is 44.2 cm³/mol. The topological polar surface area (TPSA) is 0 Å². The lowest BCUT2D eigenvalue weighted by Crippen LogP contribution is -1.87. The van der Waals surface area contributed by atoms with E-state index in [-0.39, 0.29) is 0 Å². The quantitative estimate of drug-likeness (QED) is 0.495. The monoisotopic (exact) mass is 134 g/mol. The molecule has 0 aromatic carbocycles. The third-order valence-corrected chi connectivity index (χ3v) is 2.66. The average molecular weight is 134 g/mol. The van der Waals surface area contributed by atoms with E-state index in [1.54, 1.807) is 0 Å². The molecule has 9 heavy (non-hydrogen) atoms. The highest BCUT2D eigenvalue weighted by Crippen LogP contribution is 2.03. The molecule has 1 unspecified atom stereocenters. The third kappa shape index (κ3) is 0.674. The van der Waals surface area contributed by atoms with Crippen molar-refractivity contribution in [1.29, 1.82) is 0 Å².